The third-order valence-corrected chi connectivity index (χ3v) is 4.39. The van der Waals surface area contributed by atoms with Gasteiger partial charge in [0, 0.05) is 18.7 Å². The second kappa shape index (κ2) is 7.42. The highest BCUT2D eigenvalue weighted by atomic mass is 16.5. The molecule has 1 aliphatic rings. The Morgan fingerprint density at radius 1 is 1.24 bits per heavy atom. The summed E-state index contributed by atoms with van der Waals surface area (Å²) in [4.78, 5) is 26.9. The number of hydrogen-bond acceptors (Lipinski definition) is 4. The SMILES string of the molecule is CCc1ccc(C(=O)N2CCC[C@H]2C(=O)Nc2ccc(OC)cc2)o1. The van der Waals surface area contributed by atoms with Gasteiger partial charge in [0.2, 0.25) is 5.91 Å². The van der Waals surface area contributed by atoms with Crippen LogP contribution in [-0.4, -0.2) is 36.4 Å². The number of ether oxygens (including phenoxy) is 1. The van der Waals surface area contributed by atoms with Crippen molar-refractivity contribution < 1.29 is 18.7 Å². The first-order valence-corrected chi connectivity index (χ1v) is 8.47. The average Bonchev–Trinajstić information content (AvgIpc) is 3.31. The van der Waals surface area contributed by atoms with Crippen LogP contribution in [0.4, 0.5) is 5.69 Å². The van der Waals surface area contributed by atoms with E-state index in [0.717, 1.165) is 24.4 Å². The average molecular weight is 342 g/mol. The van der Waals surface area contributed by atoms with Crippen molar-refractivity contribution in [2.24, 2.45) is 0 Å². The number of carbonyl (C=O) groups is 2. The van der Waals surface area contributed by atoms with Gasteiger partial charge in [0.05, 0.1) is 7.11 Å². The molecule has 1 aliphatic heterocycles. The summed E-state index contributed by atoms with van der Waals surface area (Å²) in [5, 5.41) is 2.87. The molecule has 2 amide bonds. The van der Waals surface area contributed by atoms with Gasteiger partial charge >= 0.3 is 0 Å². The second-order valence-electron chi connectivity index (χ2n) is 5.99. The van der Waals surface area contributed by atoms with Crippen LogP contribution in [0, 0.1) is 0 Å². The van der Waals surface area contributed by atoms with Crippen LogP contribution < -0.4 is 10.1 Å². The molecule has 25 heavy (non-hydrogen) atoms. The predicted molar refractivity (Wildman–Crippen MR) is 93.8 cm³/mol. The van der Waals surface area contributed by atoms with Crippen LogP contribution in [0.5, 0.6) is 5.75 Å². The second-order valence-corrected chi connectivity index (χ2v) is 5.99. The molecule has 6 heteroatoms. The molecule has 132 valence electrons. The van der Waals surface area contributed by atoms with E-state index in [4.69, 9.17) is 9.15 Å². The van der Waals surface area contributed by atoms with Crippen molar-refractivity contribution in [3.8, 4) is 5.75 Å². The predicted octanol–water partition coefficient (Wildman–Crippen LogP) is 3.09. The lowest BCUT2D eigenvalue weighted by atomic mass is 10.2. The zero-order valence-corrected chi connectivity index (χ0v) is 14.5. The van der Waals surface area contributed by atoms with Crippen LogP contribution in [0.15, 0.2) is 40.8 Å². The Balaban J connectivity index is 1.69. The van der Waals surface area contributed by atoms with Crippen molar-refractivity contribution in [2.45, 2.75) is 32.2 Å². The van der Waals surface area contributed by atoms with Crippen LogP contribution in [0.2, 0.25) is 0 Å². The number of furan rings is 1. The van der Waals surface area contributed by atoms with E-state index in [1.54, 1.807) is 48.4 Å². The molecule has 1 saturated heterocycles. The Kier molecular flexibility index (Phi) is 5.07. The van der Waals surface area contributed by atoms with E-state index in [2.05, 4.69) is 5.32 Å². The number of methoxy groups -OCH3 is 1. The Morgan fingerprint density at radius 2 is 2.00 bits per heavy atom. The number of anilines is 1. The van der Waals surface area contributed by atoms with E-state index in [-0.39, 0.29) is 11.8 Å². The molecule has 0 aliphatic carbocycles. The van der Waals surface area contributed by atoms with Crippen LogP contribution >= 0.6 is 0 Å². The number of amides is 2. The topological polar surface area (TPSA) is 71.8 Å². The minimum absolute atomic E-state index is 0.182. The van der Waals surface area contributed by atoms with Crippen LogP contribution in [0.25, 0.3) is 0 Å². The first-order valence-electron chi connectivity index (χ1n) is 8.47. The number of carbonyl (C=O) groups excluding carboxylic acids is 2. The van der Waals surface area contributed by atoms with Crippen molar-refractivity contribution in [3.05, 3.63) is 47.9 Å². The molecular formula is C19H22N2O4. The van der Waals surface area contributed by atoms with Crippen LogP contribution in [0.3, 0.4) is 0 Å². The highest BCUT2D eigenvalue weighted by molar-refractivity contribution is 6.00. The summed E-state index contributed by atoms with van der Waals surface area (Å²) < 4.78 is 10.6. The molecule has 1 fully saturated rings. The van der Waals surface area contributed by atoms with E-state index in [0.29, 0.717) is 24.4 Å². The van der Waals surface area contributed by atoms with E-state index in [1.165, 1.54) is 0 Å². The van der Waals surface area contributed by atoms with Gasteiger partial charge in [0.15, 0.2) is 5.76 Å². The van der Waals surface area contributed by atoms with Gasteiger partial charge in [-0.2, -0.15) is 0 Å². The molecule has 0 saturated carbocycles. The van der Waals surface area contributed by atoms with Gasteiger partial charge < -0.3 is 19.4 Å². The zero-order valence-electron chi connectivity index (χ0n) is 14.5. The Morgan fingerprint density at radius 3 is 2.64 bits per heavy atom. The highest BCUT2D eigenvalue weighted by Gasteiger charge is 2.35. The summed E-state index contributed by atoms with van der Waals surface area (Å²) in [6.07, 6.45) is 2.18. The monoisotopic (exact) mass is 342 g/mol. The summed E-state index contributed by atoms with van der Waals surface area (Å²) in [5.74, 6) is 1.37. The number of aryl methyl sites for hydroxylation is 1. The normalized spacial score (nSPS) is 16.7. The third kappa shape index (κ3) is 3.68. The number of benzene rings is 1. The largest absolute Gasteiger partial charge is 0.497 e. The Bertz CT molecular complexity index is 751. The summed E-state index contributed by atoms with van der Waals surface area (Å²) >= 11 is 0. The maximum absolute atomic E-state index is 12.7. The molecule has 0 bridgehead atoms. The molecule has 6 nitrogen and oxygen atoms in total. The molecule has 2 heterocycles. The van der Waals surface area contributed by atoms with Crippen molar-refractivity contribution in [2.75, 3.05) is 19.0 Å². The van der Waals surface area contributed by atoms with Crippen LogP contribution in [0.1, 0.15) is 36.1 Å². The Hall–Kier alpha value is -2.76. The lowest BCUT2D eigenvalue weighted by Gasteiger charge is -2.23. The van der Waals surface area contributed by atoms with E-state index < -0.39 is 6.04 Å². The van der Waals surface area contributed by atoms with E-state index in [1.807, 2.05) is 6.92 Å². The van der Waals surface area contributed by atoms with E-state index >= 15 is 0 Å². The fraction of sp³-hybridized carbons (Fsp3) is 0.368. The fourth-order valence-electron chi connectivity index (χ4n) is 3.01. The highest BCUT2D eigenvalue weighted by Crippen LogP contribution is 2.23. The maximum Gasteiger partial charge on any atom is 0.290 e. The number of nitrogens with one attached hydrogen (secondary N) is 1. The first-order chi connectivity index (χ1) is 12.1. The molecule has 1 aromatic carbocycles. The number of likely N-dealkylation sites (tertiary alicyclic amines) is 1. The molecular weight excluding hydrogens is 320 g/mol. The molecule has 1 aromatic heterocycles. The minimum Gasteiger partial charge on any atom is -0.497 e. The van der Waals surface area contributed by atoms with Gasteiger partial charge in [-0.15, -0.1) is 0 Å². The zero-order chi connectivity index (χ0) is 17.8. The molecule has 1 N–H and O–H groups in total. The van der Waals surface area contributed by atoms with Crippen molar-refractivity contribution in [1.82, 2.24) is 4.90 Å². The summed E-state index contributed by atoms with van der Waals surface area (Å²) in [6.45, 7) is 2.52. The first kappa shape index (κ1) is 17.1. The van der Waals surface area contributed by atoms with Gasteiger partial charge in [0.1, 0.15) is 17.6 Å². The molecule has 1 atom stereocenters. The lowest BCUT2D eigenvalue weighted by Crippen LogP contribution is -2.43. The van der Waals surface area contributed by atoms with Crippen LogP contribution in [-0.2, 0) is 11.2 Å². The van der Waals surface area contributed by atoms with Crippen molar-refractivity contribution >= 4 is 17.5 Å². The molecule has 0 radical (unpaired) electrons. The van der Waals surface area contributed by atoms with Gasteiger partial charge in [0.25, 0.3) is 5.91 Å². The summed E-state index contributed by atoms with van der Waals surface area (Å²) in [5.41, 5.74) is 0.677. The fourth-order valence-corrected chi connectivity index (χ4v) is 3.01. The quantitative estimate of drug-likeness (QED) is 0.906. The molecule has 3 rings (SSSR count). The van der Waals surface area contributed by atoms with Gasteiger partial charge in [-0.1, -0.05) is 6.92 Å². The molecule has 2 aromatic rings. The van der Waals surface area contributed by atoms with Gasteiger partial charge in [-0.3, -0.25) is 9.59 Å². The minimum atomic E-state index is -0.482. The third-order valence-electron chi connectivity index (χ3n) is 4.39. The standard InChI is InChI=1S/C19H22N2O4/c1-3-14-10-11-17(25-14)19(23)21-12-4-5-16(21)18(22)20-13-6-8-15(24-2)9-7-13/h6-11,16H,3-5,12H2,1-2H3,(H,20,22)/t16-/m0/s1. The number of hydrogen-bond donors (Lipinski definition) is 1. The van der Waals surface area contributed by atoms with Crippen molar-refractivity contribution in [3.63, 3.8) is 0 Å². The van der Waals surface area contributed by atoms with Gasteiger partial charge in [-0.05, 0) is 49.2 Å². The summed E-state index contributed by atoms with van der Waals surface area (Å²) in [6, 6.07) is 10.1. The number of nitrogens with zero attached hydrogens (tertiary/aromatic N) is 1. The molecule has 0 unspecified atom stereocenters. The maximum atomic E-state index is 12.7. The van der Waals surface area contributed by atoms with Gasteiger partial charge in [-0.25, -0.2) is 0 Å². The lowest BCUT2D eigenvalue weighted by molar-refractivity contribution is -0.119. The molecule has 0 spiro atoms. The Labute approximate surface area is 146 Å². The van der Waals surface area contributed by atoms with E-state index in [9.17, 15) is 9.59 Å². The van der Waals surface area contributed by atoms with Crippen molar-refractivity contribution in [1.29, 1.82) is 0 Å². The smallest absolute Gasteiger partial charge is 0.290 e. The number of rotatable bonds is 5. The summed E-state index contributed by atoms with van der Waals surface area (Å²) in [7, 11) is 1.59.